The van der Waals surface area contributed by atoms with E-state index in [-0.39, 0.29) is 22.7 Å². The number of anilines is 1. The van der Waals surface area contributed by atoms with Crippen molar-refractivity contribution < 1.29 is 9.66 Å². The van der Waals surface area contributed by atoms with Crippen molar-refractivity contribution in [2.45, 2.75) is 0 Å². The molecule has 0 radical (unpaired) electrons. The molecule has 6 nitrogen and oxygen atoms in total. The van der Waals surface area contributed by atoms with Gasteiger partial charge in [0.2, 0.25) is 0 Å². The zero-order valence-electron chi connectivity index (χ0n) is 7.35. The molecule has 0 saturated carbocycles. The van der Waals surface area contributed by atoms with Gasteiger partial charge in [-0.25, -0.2) is 0 Å². The fourth-order valence-electron chi connectivity index (χ4n) is 1.06. The predicted octanol–water partition coefficient (Wildman–Crippen LogP) is 1.06. The van der Waals surface area contributed by atoms with E-state index in [0.29, 0.717) is 0 Å². The Labute approximate surface area is 79.7 Å². The SMILES string of the molecule is COc1c(C#N)ccc([N+](=O)[O-])c1N. The van der Waals surface area contributed by atoms with E-state index in [1.165, 1.54) is 19.2 Å². The van der Waals surface area contributed by atoms with Gasteiger partial charge in [0.25, 0.3) is 5.69 Å². The first-order chi connectivity index (χ1) is 6.61. The molecule has 0 aliphatic rings. The zero-order valence-corrected chi connectivity index (χ0v) is 7.35. The van der Waals surface area contributed by atoms with Gasteiger partial charge in [0, 0.05) is 6.07 Å². The lowest BCUT2D eigenvalue weighted by molar-refractivity contribution is -0.384. The van der Waals surface area contributed by atoms with Gasteiger partial charge in [-0.3, -0.25) is 10.1 Å². The summed E-state index contributed by atoms with van der Waals surface area (Å²) < 4.78 is 4.81. The van der Waals surface area contributed by atoms with Gasteiger partial charge in [-0.05, 0) is 6.07 Å². The zero-order chi connectivity index (χ0) is 10.7. The van der Waals surface area contributed by atoms with Crippen LogP contribution < -0.4 is 10.5 Å². The quantitative estimate of drug-likeness (QED) is 0.429. The molecule has 0 unspecified atom stereocenters. The highest BCUT2D eigenvalue weighted by molar-refractivity contribution is 5.71. The molecule has 0 fully saturated rings. The normalized spacial score (nSPS) is 9.14. The summed E-state index contributed by atoms with van der Waals surface area (Å²) in [5, 5.41) is 19.1. The summed E-state index contributed by atoms with van der Waals surface area (Å²) in [5.41, 5.74) is 5.24. The van der Waals surface area contributed by atoms with Crippen LogP contribution >= 0.6 is 0 Å². The topological polar surface area (TPSA) is 102 Å². The third kappa shape index (κ3) is 1.43. The Kier molecular flexibility index (Phi) is 2.53. The lowest BCUT2D eigenvalue weighted by atomic mass is 10.1. The smallest absolute Gasteiger partial charge is 0.296 e. The Morgan fingerprint density at radius 2 is 2.29 bits per heavy atom. The number of rotatable bonds is 2. The van der Waals surface area contributed by atoms with Crippen molar-refractivity contribution in [2.24, 2.45) is 0 Å². The lowest BCUT2D eigenvalue weighted by Crippen LogP contribution is -2.00. The van der Waals surface area contributed by atoms with Gasteiger partial charge in [-0.15, -0.1) is 0 Å². The summed E-state index contributed by atoms with van der Waals surface area (Å²) in [7, 11) is 1.30. The second-order valence-corrected chi connectivity index (χ2v) is 2.45. The first-order valence-corrected chi connectivity index (χ1v) is 3.62. The highest BCUT2D eigenvalue weighted by Crippen LogP contribution is 2.33. The average molecular weight is 193 g/mol. The minimum absolute atomic E-state index is 0.0432. The van der Waals surface area contributed by atoms with Gasteiger partial charge in [0.05, 0.1) is 17.6 Å². The van der Waals surface area contributed by atoms with Crippen LogP contribution in [0, 0.1) is 21.4 Å². The first-order valence-electron chi connectivity index (χ1n) is 3.62. The van der Waals surface area contributed by atoms with E-state index < -0.39 is 4.92 Å². The van der Waals surface area contributed by atoms with Crippen LogP contribution in [0.2, 0.25) is 0 Å². The molecule has 1 aromatic carbocycles. The number of hydrogen-bond donors (Lipinski definition) is 1. The van der Waals surface area contributed by atoms with Gasteiger partial charge < -0.3 is 10.5 Å². The molecule has 0 spiro atoms. The predicted molar refractivity (Wildman–Crippen MR) is 48.8 cm³/mol. The van der Waals surface area contributed by atoms with Gasteiger partial charge in [-0.2, -0.15) is 5.26 Å². The van der Waals surface area contributed by atoms with Crippen molar-refractivity contribution in [1.29, 1.82) is 5.26 Å². The lowest BCUT2D eigenvalue weighted by Gasteiger charge is -2.05. The Morgan fingerprint density at radius 1 is 1.64 bits per heavy atom. The molecule has 1 rings (SSSR count). The van der Waals surface area contributed by atoms with Crippen LogP contribution in [-0.4, -0.2) is 12.0 Å². The maximum absolute atomic E-state index is 10.5. The summed E-state index contributed by atoms with van der Waals surface area (Å²) in [6.45, 7) is 0. The van der Waals surface area contributed by atoms with E-state index in [1.54, 1.807) is 0 Å². The molecule has 0 bridgehead atoms. The van der Waals surface area contributed by atoms with Gasteiger partial charge >= 0.3 is 0 Å². The van der Waals surface area contributed by atoms with Gasteiger partial charge in [0.15, 0.2) is 11.4 Å². The summed E-state index contributed by atoms with van der Waals surface area (Å²) in [4.78, 5) is 9.85. The van der Waals surface area contributed by atoms with Crippen LogP contribution in [0.5, 0.6) is 5.75 Å². The maximum atomic E-state index is 10.5. The minimum atomic E-state index is -0.626. The highest BCUT2D eigenvalue weighted by atomic mass is 16.6. The number of nitro groups is 1. The third-order valence-electron chi connectivity index (χ3n) is 1.69. The monoisotopic (exact) mass is 193 g/mol. The van der Waals surface area contributed by atoms with Crippen molar-refractivity contribution in [1.82, 2.24) is 0 Å². The molecule has 0 aliphatic carbocycles. The number of hydrogen-bond acceptors (Lipinski definition) is 5. The highest BCUT2D eigenvalue weighted by Gasteiger charge is 2.18. The van der Waals surface area contributed by atoms with Crippen molar-refractivity contribution in [3.05, 3.63) is 27.8 Å². The molecular formula is C8H7N3O3. The number of nitrogens with two attached hydrogens (primary N) is 1. The third-order valence-corrected chi connectivity index (χ3v) is 1.69. The van der Waals surface area contributed by atoms with Crippen LogP contribution in [0.25, 0.3) is 0 Å². The van der Waals surface area contributed by atoms with Crippen LogP contribution in [-0.2, 0) is 0 Å². The van der Waals surface area contributed by atoms with E-state index in [4.69, 9.17) is 15.7 Å². The Balaban J connectivity index is 3.44. The fraction of sp³-hybridized carbons (Fsp3) is 0.125. The maximum Gasteiger partial charge on any atom is 0.296 e. The first kappa shape index (κ1) is 9.80. The van der Waals surface area contributed by atoms with E-state index in [9.17, 15) is 10.1 Å². The van der Waals surface area contributed by atoms with Crippen LogP contribution in [0.4, 0.5) is 11.4 Å². The molecule has 0 amide bonds. The van der Waals surface area contributed by atoms with Gasteiger partial charge in [-0.1, -0.05) is 0 Å². The summed E-state index contributed by atoms with van der Waals surface area (Å²) in [6.07, 6.45) is 0. The van der Waals surface area contributed by atoms with E-state index in [2.05, 4.69) is 0 Å². The average Bonchev–Trinajstić information content (AvgIpc) is 2.16. The number of methoxy groups -OCH3 is 1. The molecule has 14 heavy (non-hydrogen) atoms. The largest absolute Gasteiger partial charge is 0.493 e. The Hall–Kier alpha value is -2.29. The van der Waals surface area contributed by atoms with Crippen molar-refractivity contribution >= 4 is 11.4 Å². The fourth-order valence-corrected chi connectivity index (χ4v) is 1.06. The number of nitro benzene ring substituents is 1. The van der Waals surface area contributed by atoms with Crippen molar-refractivity contribution in [3.8, 4) is 11.8 Å². The Morgan fingerprint density at radius 3 is 2.71 bits per heavy atom. The molecule has 0 atom stereocenters. The molecule has 0 saturated heterocycles. The Bertz CT molecular complexity index is 423. The molecule has 72 valence electrons. The summed E-state index contributed by atoms with van der Waals surface area (Å²) in [5.74, 6) is 0.0432. The standard InChI is InChI=1S/C8H7N3O3/c1-14-8-5(4-9)2-3-6(7(8)10)11(12)13/h2-3H,10H2,1H3. The summed E-state index contributed by atoms with van der Waals surface area (Å²) in [6, 6.07) is 4.30. The molecular weight excluding hydrogens is 186 g/mol. The van der Waals surface area contributed by atoms with E-state index in [0.717, 1.165) is 0 Å². The van der Waals surface area contributed by atoms with Crippen molar-refractivity contribution in [2.75, 3.05) is 12.8 Å². The van der Waals surface area contributed by atoms with Crippen LogP contribution in [0.3, 0.4) is 0 Å². The number of nitriles is 1. The molecule has 0 aliphatic heterocycles. The van der Waals surface area contributed by atoms with Crippen LogP contribution in [0.15, 0.2) is 12.1 Å². The molecule has 1 aromatic rings. The van der Waals surface area contributed by atoms with Gasteiger partial charge in [0.1, 0.15) is 6.07 Å². The number of benzene rings is 1. The molecule has 6 heteroatoms. The second kappa shape index (κ2) is 3.62. The van der Waals surface area contributed by atoms with Crippen molar-refractivity contribution in [3.63, 3.8) is 0 Å². The van der Waals surface area contributed by atoms with Crippen LogP contribution in [0.1, 0.15) is 5.56 Å². The summed E-state index contributed by atoms with van der Waals surface area (Å²) >= 11 is 0. The molecule has 2 N–H and O–H groups in total. The number of nitrogen functional groups attached to an aromatic ring is 1. The van der Waals surface area contributed by atoms with E-state index in [1.807, 2.05) is 6.07 Å². The minimum Gasteiger partial charge on any atom is -0.493 e. The van der Waals surface area contributed by atoms with E-state index >= 15 is 0 Å². The molecule has 0 aromatic heterocycles. The second-order valence-electron chi connectivity index (χ2n) is 2.45. The number of ether oxygens (including phenoxy) is 1. The number of nitrogens with zero attached hydrogens (tertiary/aromatic N) is 2. The molecule has 0 heterocycles.